The predicted octanol–water partition coefficient (Wildman–Crippen LogP) is 4.19. The maximum atomic E-state index is 12.9. The number of hydrogen-bond acceptors (Lipinski definition) is 5. The van der Waals surface area contributed by atoms with Gasteiger partial charge in [-0.2, -0.15) is 26.3 Å². The molecule has 0 aliphatic carbocycles. The Morgan fingerprint density at radius 1 is 1.00 bits per heavy atom. The Morgan fingerprint density at radius 2 is 1.51 bits per heavy atom. The third-order valence-corrected chi connectivity index (χ3v) is 4.41. The number of methoxy groups -OCH3 is 1. The number of ether oxygens (including phenoxy) is 1. The molecule has 0 radical (unpaired) electrons. The molecule has 0 saturated carbocycles. The summed E-state index contributed by atoms with van der Waals surface area (Å²) >= 11 is 0. The van der Waals surface area contributed by atoms with Crippen molar-refractivity contribution in [3.63, 3.8) is 0 Å². The fraction of sp³-hybridized carbons (Fsp3) is 0.381. The SMILES string of the molecule is COCc1cncc2c1CCN(Cc1ccc(F)cc1)C2.O=C(O)C(F)(F)F.O=C(O)C(F)(F)F. The minimum absolute atomic E-state index is 0.184. The number of carbonyl (C=O) groups is 2. The van der Waals surface area contributed by atoms with E-state index in [1.54, 1.807) is 7.11 Å². The van der Waals surface area contributed by atoms with E-state index in [0.717, 1.165) is 31.6 Å². The largest absolute Gasteiger partial charge is 0.490 e. The molecule has 3 rings (SSSR count). The van der Waals surface area contributed by atoms with Crippen molar-refractivity contribution in [3.05, 3.63) is 64.7 Å². The summed E-state index contributed by atoms with van der Waals surface area (Å²) in [5, 5.41) is 14.2. The van der Waals surface area contributed by atoms with E-state index in [1.165, 1.54) is 28.8 Å². The highest BCUT2D eigenvalue weighted by Crippen LogP contribution is 2.23. The highest BCUT2D eigenvalue weighted by Gasteiger charge is 2.38. The number of benzene rings is 1. The molecule has 14 heteroatoms. The standard InChI is InChI=1S/C17H19FN2O.2C2HF3O2/c1-21-12-15-9-19-8-14-11-20(7-6-17(14)15)10-13-2-4-16(18)5-3-13;2*3-2(4,5)1(6)7/h2-5,8-9H,6-7,10-12H2,1H3;2*(H,6,7). The van der Waals surface area contributed by atoms with Crippen LogP contribution in [-0.2, 0) is 40.4 Å². The van der Waals surface area contributed by atoms with Crippen LogP contribution in [0, 0.1) is 5.82 Å². The maximum Gasteiger partial charge on any atom is 0.490 e. The lowest BCUT2D eigenvalue weighted by molar-refractivity contribution is -0.193. The van der Waals surface area contributed by atoms with Gasteiger partial charge < -0.3 is 14.9 Å². The van der Waals surface area contributed by atoms with Crippen LogP contribution in [0.25, 0.3) is 0 Å². The fourth-order valence-corrected chi connectivity index (χ4v) is 2.89. The van der Waals surface area contributed by atoms with Crippen molar-refractivity contribution in [2.24, 2.45) is 0 Å². The number of rotatable bonds is 4. The number of pyridine rings is 1. The van der Waals surface area contributed by atoms with Gasteiger partial charge in [0.1, 0.15) is 5.82 Å². The first-order valence-corrected chi connectivity index (χ1v) is 9.65. The third-order valence-electron chi connectivity index (χ3n) is 4.41. The van der Waals surface area contributed by atoms with E-state index in [9.17, 15) is 30.7 Å². The number of alkyl halides is 6. The van der Waals surface area contributed by atoms with Gasteiger partial charge in [0, 0.05) is 39.1 Å². The van der Waals surface area contributed by atoms with Crippen LogP contribution in [0.1, 0.15) is 22.3 Å². The van der Waals surface area contributed by atoms with Crippen LogP contribution in [0.4, 0.5) is 30.7 Å². The molecular weight excluding hydrogens is 493 g/mol. The quantitative estimate of drug-likeness (QED) is 0.591. The van der Waals surface area contributed by atoms with Gasteiger partial charge in [-0.3, -0.25) is 9.88 Å². The second kappa shape index (κ2) is 13.0. The minimum Gasteiger partial charge on any atom is -0.475 e. The van der Waals surface area contributed by atoms with E-state index in [2.05, 4.69) is 9.88 Å². The predicted molar refractivity (Wildman–Crippen MR) is 107 cm³/mol. The first-order valence-electron chi connectivity index (χ1n) is 9.65. The number of halogens is 7. The number of nitrogens with zero attached hydrogens (tertiary/aromatic N) is 2. The summed E-state index contributed by atoms with van der Waals surface area (Å²) in [7, 11) is 1.71. The number of carboxylic acids is 2. The molecule has 1 aliphatic rings. The summed E-state index contributed by atoms with van der Waals surface area (Å²) < 4.78 is 81.7. The van der Waals surface area contributed by atoms with Gasteiger partial charge in [-0.05, 0) is 40.8 Å². The molecule has 1 aliphatic heterocycles. The zero-order valence-electron chi connectivity index (χ0n) is 18.2. The van der Waals surface area contributed by atoms with Gasteiger partial charge in [0.2, 0.25) is 0 Å². The number of hydrogen-bond donors (Lipinski definition) is 2. The highest BCUT2D eigenvalue weighted by atomic mass is 19.4. The van der Waals surface area contributed by atoms with Crippen molar-refractivity contribution >= 4 is 11.9 Å². The van der Waals surface area contributed by atoms with Crippen molar-refractivity contribution in [1.82, 2.24) is 9.88 Å². The van der Waals surface area contributed by atoms with Crippen LogP contribution in [0.3, 0.4) is 0 Å². The van der Waals surface area contributed by atoms with Gasteiger partial charge in [0.05, 0.1) is 6.61 Å². The van der Waals surface area contributed by atoms with E-state index in [4.69, 9.17) is 24.5 Å². The van der Waals surface area contributed by atoms with Crippen LogP contribution in [0.2, 0.25) is 0 Å². The Morgan fingerprint density at radius 3 is 1.97 bits per heavy atom. The normalized spacial score (nSPS) is 13.5. The number of fused-ring (bicyclic) bond motifs is 1. The third kappa shape index (κ3) is 10.7. The van der Waals surface area contributed by atoms with Gasteiger partial charge in [-0.15, -0.1) is 0 Å². The first-order chi connectivity index (χ1) is 16.1. The van der Waals surface area contributed by atoms with Crippen LogP contribution < -0.4 is 0 Å². The number of carboxylic acid groups (broad SMARTS) is 2. The van der Waals surface area contributed by atoms with E-state index in [1.807, 2.05) is 24.5 Å². The topological polar surface area (TPSA) is 100.0 Å². The molecule has 2 N–H and O–H groups in total. The summed E-state index contributed by atoms with van der Waals surface area (Å²) in [6, 6.07) is 6.74. The molecule has 0 fully saturated rings. The molecule has 0 atom stereocenters. The van der Waals surface area contributed by atoms with E-state index in [0.29, 0.717) is 6.61 Å². The Labute approximate surface area is 194 Å². The van der Waals surface area contributed by atoms with Gasteiger partial charge in [-0.25, -0.2) is 14.0 Å². The Balaban J connectivity index is 0.000000362. The van der Waals surface area contributed by atoms with Crippen molar-refractivity contribution in [2.45, 2.75) is 38.5 Å². The lowest BCUT2D eigenvalue weighted by Gasteiger charge is -2.29. The average Bonchev–Trinajstić information content (AvgIpc) is 2.75. The highest BCUT2D eigenvalue weighted by molar-refractivity contribution is 5.73. The molecular formula is C21H21F7N2O5. The molecule has 2 heterocycles. The Kier molecular flexibility index (Phi) is 11.1. The molecule has 0 bridgehead atoms. The fourth-order valence-electron chi connectivity index (χ4n) is 2.89. The zero-order chi connectivity index (χ0) is 26.8. The van der Waals surface area contributed by atoms with Gasteiger partial charge in [0.25, 0.3) is 0 Å². The molecule has 0 saturated heterocycles. The second-order valence-corrected chi connectivity index (χ2v) is 7.06. The molecule has 0 unspecified atom stereocenters. The lowest BCUT2D eigenvalue weighted by atomic mass is 9.97. The molecule has 2 aromatic rings. The summed E-state index contributed by atoms with van der Waals surface area (Å²) in [4.78, 5) is 24.5. The minimum atomic E-state index is -5.08. The zero-order valence-corrected chi connectivity index (χ0v) is 18.2. The van der Waals surface area contributed by atoms with E-state index in [-0.39, 0.29) is 5.82 Å². The molecule has 1 aromatic heterocycles. The molecule has 0 amide bonds. The summed E-state index contributed by atoms with van der Waals surface area (Å²) in [6.07, 6.45) is -5.30. The maximum absolute atomic E-state index is 12.9. The summed E-state index contributed by atoms with van der Waals surface area (Å²) in [5.41, 5.74) is 4.98. The van der Waals surface area contributed by atoms with Crippen LogP contribution in [-0.4, -0.2) is 58.0 Å². The Hall–Kier alpha value is -3.26. The molecule has 0 spiro atoms. The Bertz CT molecular complexity index is 956. The van der Waals surface area contributed by atoms with Gasteiger partial charge in [-0.1, -0.05) is 12.1 Å². The van der Waals surface area contributed by atoms with Crippen molar-refractivity contribution in [2.75, 3.05) is 13.7 Å². The monoisotopic (exact) mass is 514 g/mol. The van der Waals surface area contributed by atoms with E-state index < -0.39 is 24.3 Å². The van der Waals surface area contributed by atoms with Crippen LogP contribution in [0.5, 0.6) is 0 Å². The number of aliphatic carboxylic acids is 2. The summed E-state index contributed by atoms with van der Waals surface area (Å²) in [5.74, 6) is -5.70. The smallest absolute Gasteiger partial charge is 0.475 e. The molecule has 35 heavy (non-hydrogen) atoms. The van der Waals surface area contributed by atoms with Crippen molar-refractivity contribution < 1.29 is 55.3 Å². The average molecular weight is 514 g/mol. The lowest BCUT2D eigenvalue weighted by Crippen LogP contribution is -2.31. The second-order valence-electron chi connectivity index (χ2n) is 7.06. The molecule has 7 nitrogen and oxygen atoms in total. The van der Waals surface area contributed by atoms with Gasteiger partial charge >= 0.3 is 24.3 Å². The molecule has 1 aromatic carbocycles. The summed E-state index contributed by atoms with van der Waals surface area (Å²) in [6.45, 7) is 3.35. The first kappa shape index (κ1) is 29.8. The number of aromatic nitrogens is 1. The van der Waals surface area contributed by atoms with Crippen LogP contribution in [0.15, 0.2) is 36.7 Å². The van der Waals surface area contributed by atoms with E-state index >= 15 is 0 Å². The van der Waals surface area contributed by atoms with Crippen molar-refractivity contribution in [3.8, 4) is 0 Å². The molecule has 194 valence electrons. The van der Waals surface area contributed by atoms with Crippen LogP contribution >= 0.6 is 0 Å². The van der Waals surface area contributed by atoms with Crippen molar-refractivity contribution in [1.29, 1.82) is 0 Å². The van der Waals surface area contributed by atoms with Gasteiger partial charge in [0.15, 0.2) is 0 Å².